The first-order valence-corrected chi connectivity index (χ1v) is 7.04. The van der Waals surface area contributed by atoms with Crippen molar-refractivity contribution in [3.8, 4) is 28.4 Å². The van der Waals surface area contributed by atoms with Crippen molar-refractivity contribution in [2.24, 2.45) is 0 Å². The Kier molecular flexibility index (Phi) is 3.70. The predicted octanol–water partition coefficient (Wildman–Crippen LogP) is 3.49. The first-order valence-electron chi connectivity index (χ1n) is 7.04. The maximum absolute atomic E-state index is 12.8. The summed E-state index contributed by atoms with van der Waals surface area (Å²) in [6.07, 6.45) is 0. The van der Waals surface area contributed by atoms with Crippen LogP contribution in [0, 0.1) is 6.92 Å². The third-order valence-corrected chi connectivity index (χ3v) is 3.72. The van der Waals surface area contributed by atoms with Crippen LogP contribution in [0.1, 0.15) is 5.76 Å². The molecule has 5 nitrogen and oxygen atoms in total. The Labute approximate surface area is 132 Å². The van der Waals surface area contributed by atoms with E-state index in [1.54, 1.807) is 45.4 Å². The van der Waals surface area contributed by atoms with E-state index in [2.05, 4.69) is 0 Å². The zero-order valence-corrected chi connectivity index (χ0v) is 13.0. The monoisotopic (exact) mass is 312 g/mol. The molecule has 0 aliphatic rings. The molecule has 0 atom stereocenters. The van der Waals surface area contributed by atoms with E-state index in [1.165, 1.54) is 12.1 Å². The minimum absolute atomic E-state index is 0.0546. The number of phenols is 1. The molecule has 3 rings (SSSR count). The highest BCUT2D eigenvalue weighted by Gasteiger charge is 2.16. The molecule has 0 spiro atoms. The van der Waals surface area contributed by atoms with Gasteiger partial charge in [-0.1, -0.05) is 6.07 Å². The number of benzene rings is 2. The van der Waals surface area contributed by atoms with E-state index in [9.17, 15) is 9.90 Å². The Morgan fingerprint density at radius 2 is 1.74 bits per heavy atom. The summed E-state index contributed by atoms with van der Waals surface area (Å²) >= 11 is 0. The second-order valence-corrected chi connectivity index (χ2v) is 5.11. The lowest BCUT2D eigenvalue weighted by molar-refractivity contribution is 0.355. The largest absolute Gasteiger partial charge is 0.508 e. The van der Waals surface area contributed by atoms with Gasteiger partial charge in [-0.05, 0) is 36.8 Å². The van der Waals surface area contributed by atoms with Gasteiger partial charge in [-0.15, -0.1) is 0 Å². The van der Waals surface area contributed by atoms with Crippen LogP contribution in [0.4, 0.5) is 0 Å². The predicted molar refractivity (Wildman–Crippen MR) is 87.4 cm³/mol. The first-order chi connectivity index (χ1) is 11.0. The Morgan fingerprint density at radius 3 is 2.43 bits per heavy atom. The van der Waals surface area contributed by atoms with E-state index in [1.807, 2.05) is 0 Å². The number of hydrogen-bond acceptors (Lipinski definition) is 5. The number of fused-ring (bicyclic) bond motifs is 1. The minimum atomic E-state index is -0.157. The van der Waals surface area contributed by atoms with Crippen molar-refractivity contribution in [3.05, 3.63) is 52.4 Å². The molecule has 1 heterocycles. The molecule has 0 saturated carbocycles. The van der Waals surface area contributed by atoms with Crippen LogP contribution in [0.2, 0.25) is 0 Å². The fraction of sp³-hybridized carbons (Fsp3) is 0.167. The summed E-state index contributed by atoms with van der Waals surface area (Å²) in [6.45, 7) is 1.72. The molecule has 0 bridgehead atoms. The standard InChI is InChI=1S/C18H16O5/c1-10-17(11-4-7-14(21-2)16(8-11)22-3)18(20)13-6-5-12(19)9-15(13)23-10/h4-9,19H,1-3H3. The molecule has 2 aromatic carbocycles. The summed E-state index contributed by atoms with van der Waals surface area (Å²) in [5.74, 6) is 1.65. The van der Waals surface area contributed by atoms with E-state index in [4.69, 9.17) is 13.9 Å². The Hall–Kier alpha value is -2.95. The minimum Gasteiger partial charge on any atom is -0.508 e. The van der Waals surface area contributed by atoms with Crippen LogP contribution in [0.5, 0.6) is 17.2 Å². The van der Waals surface area contributed by atoms with Crippen LogP contribution in [0.25, 0.3) is 22.1 Å². The number of rotatable bonds is 3. The molecule has 0 amide bonds. The molecule has 0 unspecified atom stereocenters. The third-order valence-electron chi connectivity index (χ3n) is 3.72. The zero-order chi connectivity index (χ0) is 16.6. The molecule has 1 N–H and O–H groups in total. The second kappa shape index (κ2) is 5.68. The van der Waals surface area contributed by atoms with Gasteiger partial charge in [-0.25, -0.2) is 0 Å². The number of ether oxygens (including phenoxy) is 2. The van der Waals surface area contributed by atoms with Gasteiger partial charge in [0, 0.05) is 6.07 Å². The quantitative estimate of drug-likeness (QED) is 0.801. The van der Waals surface area contributed by atoms with Gasteiger partial charge in [0.2, 0.25) is 5.43 Å². The van der Waals surface area contributed by atoms with Crippen molar-refractivity contribution in [2.75, 3.05) is 14.2 Å². The van der Waals surface area contributed by atoms with Crippen molar-refractivity contribution in [1.29, 1.82) is 0 Å². The number of aromatic hydroxyl groups is 1. The molecule has 0 fully saturated rings. The highest BCUT2D eigenvalue weighted by Crippen LogP contribution is 2.33. The summed E-state index contributed by atoms with van der Waals surface area (Å²) in [6, 6.07) is 9.72. The van der Waals surface area contributed by atoms with Crippen LogP contribution < -0.4 is 14.9 Å². The van der Waals surface area contributed by atoms with Crippen molar-refractivity contribution in [2.45, 2.75) is 6.92 Å². The SMILES string of the molecule is COc1ccc(-c2c(C)oc3cc(O)ccc3c2=O)cc1OC. The number of methoxy groups -OCH3 is 2. The lowest BCUT2D eigenvalue weighted by atomic mass is 10.0. The topological polar surface area (TPSA) is 68.9 Å². The van der Waals surface area contributed by atoms with Crippen molar-refractivity contribution < 1.29 is 19.0 Å². The number of aryl methyl sites for hydroxylation is 1. The van der Waals surface area contributed by atoms with E-state index in [0.717, 1.165) is 0 Å². The normalized spacial score (nSPS) is 10.7. The Balaban J connectivity index is 2.28. The fourth-order valence-corrected chi connectivity index (χ4v) is 2.62. The summed E-state index contributed by atoms with van der Waals surface area (Å²) in [5, 5.41) is 9.95. The molecule has 0 radical (unpaired) electrons. The van der Waals surface area contributed by atoms with Crippen LogP contribution in [-0.4, -0.2) is 19.3 Å². The van der Waals surface area contributed by atoms with Crippen LogP contribution in [0.15, 0.2) is 45.6 Å². The molecule has 1 aromatic heterocycles. The molecule has 0 saturated heterocycles. The summed E-state index contributed by atoms with van der Waals surface area (Å²) in [4.78, 5) is 12.8. The lowest BCUT2D eigenvalue weighted by Crippen LogP contribution is -2.07. The number of phenolic OH excluding ortho intramolecular Hbond substituents is 1. The van der Waals surface area contributed by atoms with Gasteiger partial charge >= 0.3 is 0 Å². The zero-order valence-electron chi connectivity index (χ0n) is 13.0. The van der Waals surface area contributed by atoms with Gasteiger partial charge in [0.1, 0.15) is 17.1 Å². The van der Waals surface area contributed by atoms with Crippen LogP contribution in [-0.2, 0) is 0 Å². The number of hydrogen-bond donors (Lipinski definition) is 1. The van der Waals surface area contributed by atoms with Gasteiger partial charge in [0.05, 0.1) is 25.2 Å². The fourth-order valence-electron chi connectivity index (χ4n) is 2.62. The Morgan fingerprint density at radius 1 is 1.00 bits per heavy atom. The molecule has 0 aliphatic heterocycles. The highest BCUT2D eigenvalue weighted by molar-refractivity contribution is 5.84. The van der Waals surface area contributed by atoms with Crippen molar-refractivity contribution in [3.63, 3.8) is 0 Å². The van der Waals surface area contributed by atoms with Gasteiger partial charge in [-0.2, -0.15) is 0 Å². The van der Waals surface area contributed by atoms with E-state index < -0.39 is 0 Å². The maximum atomic E-state index is 12.8. The van der Waals surface area contributed by atoms with Crippen LogP contribution in [0.3, 0.4) is 0 Å². The summed E-state index contributed by atoms with van der Waals surface area (Å²) in [5.41, 5.74) is 1.35. The molecule has 23 heavy (non-hydrogen) atoms. The molecular weight excluding hydrogens is 296 g/mol. The molecule has 118 valence electrons. The average molecular weight is 312 g/mol. The van der Waals surface area contributed by atoms with Gasteiger partial charge < -0.3 is 19.0 Å². The Bertz CT molecular complexity index is 940. The van der Waals surface area contributed by atoms with Gasteiger partial charge in [0.15, 0.2) is 11.5 Å². The third kappa shape index (κ3) is 2.50. The van der Waals surface area contributed by atoms with Gasteiger partial charge in [0.25, 0.3) is 0 Å². The van der Waals surface area contributed by atoms with E-state index in [-0.39, 0.29) is 11.2 Å². The van der Waals surface area contributed by atoms with Crippen LogP contribution >= 0.6 is 0 Å². The first kappa shape index (κ1) is 15.0. The molecule has 5 heteroatoms. The molecule has 3 aromatic rings. The average Bonchev–Trinajstić information content (AvgIpc) is 2.54. The molecular formula is C18H16O5. The summed E-state index contributed by atoms with van der Waals surface area (Å²) < 4.78 is 16.2. The highest BCUT2D eigenvalue weighted by atomic mass is 16.5. The van der Waals surface area contributed by atoms with Crippen molar-refractivity contribution >= 4 is 11.0 Å². The van der Waals surface area contributed by atoms with Crippen molar-refractivity contribution in [1.82, 2.24) is 0 Å². The lowest BCUT2D eigenvalue weighted by Gasteiger charge is -2.11. The second-order valence-electron chi connectivity index (χ2n) is 5.11. The molecule has 0 aliphatic carbocycles. The summed E-state index contributed by atoms with van der Waals surface area (Å²) in [7, 11) is 3.10. The maximum Gasteiger partial charge on any atom is 0.200 e. The van der Waals surface area contributed by atoms with E-state index in [0.29, 0.717) is 39.4 Å². The smallest absolute Gasteiger partial charge is 0.200 e. The van der Waals surface area contributed by atoms with Gasteiger partial charge in [-0.3, -0.25) is 4.79 Å². The van der Waals surface area contributed by atoms with E-state index >= 15 is 0 Å².